The molecule has 0 saturated heterocycles. The molecule has 33 heavy (non-hydrogen) atoms. The summed E-state index contributed by atoms with van der Waals surface area (Å²) in [7, 11) is 4.75. The minimum Gasteiger partial charge on any atom is -0.493 e. The molecule has 0 unspecified atom stereocenters. The molecule has 5 N–H and O–H groups in total. The average Bonchev–Trinajstić information content (AvgIpc) is 2.78. The monoisotopic (exact) mass is 449 g/mol. The molecule has 0 fully saturated rings. The second kappa shape index (κ2) is 9.69. The third-order valence-corrected chi connectivity index (χ3v) is 4.46. The Morgan fingerprint density at radius 2 is 1.58 bits per heavy atom. The van der Waals surface area contributed by atoms with E-state index < -0.39 is 5.91 Å². The van der Waals surface area contributed by atoms with Crippen LogP contribution in [-0.4, -0.2) is 48.7 Å². The van der Waals surface area contributed by atoms with E-state index in [-0.39, 0.29) is 34.8 Å². The van der Waals surface area contributed by atoms with Crippen molar-refractivity contribution < 1.29 is 23.8 Å². The van der Waals surface area contributed by atoms with Gasteiger partial charge in [0.25, 0.3) is 5.91 Å². The number of benzene rings is 2. The van der Waals surface area contributed by atoms with Gasteiger partial charge in [0.2, 0.25) is 17.7 Å². The Morgan fingerprint density at radius 3 is 2.18 bits per heavy atom. The van der Waals surface area contributed by atoms with Gasteiger partial charge in [0, 0.05) is 42.9 Å². The molecule has 2 amide bonds. The van der Waals surface area contributed by atoms with E-state index in [0.717, 1.165) is 0 Å². The first-order chi connectivity index (χ1) is 15.7. The lowest BCUT2D eigenvalue weighted by atomic mass is 10.2. The number of ether oxygens (including phenoxy) is 3. The van der Waals surface area contributed by atoms with Crippen LogP contribution in [0.25, 0.3) is 0 Å². The molecule has 3 aromatic rings. The number of aromatic nitrogens is 1. The second-order valence-corrected chi connectivity index (χ2v) is 7.11. The molecule has 170 valence electrons. The van der Waals surface area contributed by atoms with Crippen molar-refractivity contribution in [2.24, 2.45) is 11.5 Å². The van der Waals surface area contributed by atoms with Crippen LogP contribution in [0.2, 0.25) is 0 Å². The summed E-state index contributed by atoms with van der Waals surface area (Å²) in [5, 5.41) is 7.62. The SMILES string of the molecule is COc1ccc(C(=N)N)cc1Oc1cc(C(N)=O)cc(Oc2cccc(C(=O)N(C)C)c2)n1. The van der Waals surface area contributed by atoms with Crippen molar-refractivity contribution in [1.82, 2.24) is 9.88 Å². The number of nitrogens with one attached hydrogen (secondary N) is 1. The third kappa shape index (κ3) is 5.56. The molecule has 0 bridgehead atoms. The number of amides is 2. The normalized spacial score (nSPS) is 10.3. The van der Waals surface area contributed by atoms with Crippen molar-refractivity contribution >= 4 is 17.6 Å². The maximum Gasteiger partial charge on any atom is 0.253 e. The van der Waals surface area contributed by atoms with Crippen LogP contribution in [0.3, 0.4) is 0 Å². The minimum atomic E-state index is -0.715. The molecule has 1 heterocycles. The molecular weight excluding hydrogens is 426 g/mol. The fourth-order valence-corrected chi connectivity index (χ4v) is 2.84. The van der Waals surface area contributed by atoms with Gasteiger partial charge in [-0.3, -0.25) is 15.0 Å². The van der Waals surface area contributed by atoms with E-state index in [1.807, 2.05) is 0 Å². The highest BCUT2D eigenvalue weighted by Crippen LogP contribution is 2.33. The Morgan fingerprint density at radius 1 is 0.879 bits per heavy atom. The number of rotatable bonds is 8. The molecule has 10 nitrogen and oxygen atoms in total. The molecule has 0 saturated carbocycles. The highest BCUT2D eigenvalue weighted by molar-refractivity contribution is 5.96. The predicted octanol–water partition coefficient (Wildman–Crippen LogP) is 2.76. The highest BCUT2D eigenvalue weighted by Gasteiger charge is 2.15. The maximum absolute atomic E-state index is 12.2. The molecule has 0 aliphatic carbocycles. The lowest BCUT2D eigenvalue weighted by Crippen LogP contribution is -2.21. The first-order valence-corrected chi connectivity index (χ1v) is 9.69. The van der Waals surface area contributed by atoms with E-state index in [9.17, 15) is 9.59 Å². The topological polar surface area (TPSA) is 154 Å². The largest absolute Gasteiger partial charge is 0.493 e. The number of primary amides is 1. The molecule has 3 rings (SSSR count). The van der Waals surface area contributed by atoms with Gasteiger partial charge in [0.15, 0.2) is 11.5 Å². The highest BCUT2D eigenvalue weighted by atomic mass is 16.5. The Hall–Kier alpha value is -4.60. The van der Waals surface area contributed by atoms with Gasteiger partial charge in [-0.25, -0.2) is 0 Å². The number of nitrogens with two attached hydrogens (primary N) is 2. The molecule has 0 spiro atoms. The summed E-state index contributed by atoms with van der Waals surface area (Å²) in [6, 6.07) is 13.9. The second-order valence-electron chi connectivity index (χ2n) is 7.11. The van der Waals surface area contributed by atoms with Crippen LogP contribution in [0.4, 0.5) is 0 Å². The average molecular weight is 449 g/mol. The van der Waals surface area contributed by atoms with Gasteiger partial charge < -0.3 is 30.6 Å². The molecule has 0 radical (unpaired) electrons. The summed E-state index contributed by atoms with van der Waals surface area (Å²) < 4.78 is 16.9. The summed E-state index contributed by atoms with van der Waals surface area (Å²) in [5.74, 6) is -0.115. The van der Waals surface area contributed by atoms with Crippen molar-refractivity contribution in [3.8, 4) is 29.0 Å². The number of methoxy groups -OCH3 is 1. The van der Waals surface area contributed by atoms with Crippen molar-refractivity contribution in [3.05, 3.63) is 71.3 Å². The van der Waals surface area contributed by atoms with E-state index in [2.05, 4.69) is 4.98 Å². The van der Waals surface area contributed by atoms with Crippen molar-refractivity contribution in [1.29, 1.82) is 5.41 Å². The van der Waals surface area contributed by atoms with Gasteiger partial charge in [-0.15, -0.1) is 0 Å². The third-order valence-electron chi connectivity index (χ3n) is 4.46. The number of pyridine rings is 1. The fourth-order valence-electron chi connectivity index (χ4n) is 2.84. The van der Waals surface area contributed by atoms with Crippen LogP contribution >= 0.6 is 0 Å². The smallest absolute Gasteiger partial charge is 0.253 e. The van der Waals surface area contributed by atoms with E-state index >= 15 is 0 Å². The van der Waals surface area contributed by atoms with Crippen LogP contribution < -0.4 is 25.7 Å². The Balaban J connectivity index is 1.97. The molecule has 2 aromatic carbocycles. The van der Waals surface area contributed by atoms with Crippen LogP contribution in [0, 0.1) is 5.41 Å². The number of hydrogen-bond donors (Lipinski definition) is 3. The van der Waals surface area contributed by atoms with Crippen molar-refractivity contribution in [3.63, 3.8) is 0 Å². The van der Waals surface area contributed by atoms with E-state index in [1.165, 1.54) is 30.2 Å². The summed E-state index contributed by atoms with van der Waals surface area (Å²) in [6.45, 7) is 0. The van der Waals surface area contributed by atoms with Crippen LogP contribution in [0.15, 0.2) is 54.6 Å². The zero-order valence-electron chi connectivity index (χ0n) is 18.3. The van der Waals surface area contributed by atoms with Gasteiger partial charge in [-0.1, -0.05) is 6.07 Å². The van der Waals surface area contributed by atoms with E-state index in [4.69, 9.17) is 31.1 Å². The van der Waals surface area contributed by atoms with E-state index in [1.54, 1.807) is 50.5 Å². The number of hydrogen-bond acceptors (Lipinski definition) is 7. The zero-order chi connectivity index (χ0) is 24.1. The molecule has 0 aliphatic heterocycles. The van der Waals surface area contributed by atoms with Gasteiger partial charge in [0.05, 0.1) is 7.11 Å². The molecule has 10 heteroatoms. The fraction of sp³-hybridized carbons (Fsp3) is 0.130. The van der Waals surface area contributed by atoms with Gasteiger partial charge in [-0.05, 0) is 36.4 Å². The Bertz CT molecular complexity index is 1230. The van der Waals surface area contributed by atoms with Gasteiger partial charge in [-0.2, -0.15) is 4.98 Å². The van der Waals surface area contributed by atoms with Gasteiger partial charge in [0.1, 0.15) is 11.6 Å². The summed E-state index contributed by atoms with van der Waals surface area (Å²) in [6.07, 6.45) is 0. The van der Waals surface area contributed by atoms with E-state index in [0.29, 0.717) is 22.6 Å². The van der Waals surface area contributed by atoms with Crippen LogP contribution in [0.5, 0.6) is 29.0 Å². The van der Waals surface area contributed by atoms with Gasteiger partial charge >= 0.3 is 0 Å². The van der Waals surface area contributed by atoms with Crippen molar-refractivity contribution in [2.75, 3.05) is 21.2 Å². The van der Waals surface area contributed by atoms with Crippen molar-refractivity contribution in [2.45, 2.75) is 0 Å². The first-order valence-electron chi connectivity index (χ1n) is 9.69. The summed E-state index contributed by atoms with van der Waals surface area (Å²) >= 11 is 0. The maximum atomic E-state index is 12.2. The van der Waals surface area contributed by atoms with Crippen LogP contribution in [-0.2, 0) is 0 Å². The zero-order valence-corrected chi connectivity index (χ0v) is 18.3. The first kappa shape index (κ1) is 23.1. The lowest BCUT2D eigenvalue weighted by molar-refractivity contribution is 0.0827. The molecule has 1 aromatic heterocycles. The summed E-state index contributed by atoms with van der Waals surface area (Å²) in [4.78, 5) is 29.8. The predicted molar refractivity (Wildman–Crippen MR) is 121 cm³/mol. The molecule has 0 aliphatic rings. The number of nitrogen functional groups attached to an aromatic ring is 1. The number of amidine groups is 1. The molecular formula is C23H23N5O5. The number of nitrogens with zero attached hydrogens (tertiary/aromatic N) is 2. The quantitative estimate of drug-likeness (QED) is 0.353. The number of carbonyl (C=O) groups is 2. The van der Waals surface area contributed by atoms with Crippen LogP contribution in [0.1, 0.15) is 26.3 Å². The molecule has 0 atom stereocenters. The Labute approximate surface area is 190 Å². The number of carbonyl (C=O) groups excluding carboxylic acids is 2. The minimum absolute atomic E-state index is 0.000763. The standard InChI is InChI=1S/C23H23N5O5/c1-28(2)23(30)14-5-4-6-16(9-14)32-19-11-15(22(26)29)12-20(27-19)33-18-10-13(21(24)25)7-8-17(18)31-3/h4-12H,1-3H3,(H3,24,25)(H2,26,29). The Kier molecular flexibility index (Phi) is 6.77. The summed E-state index contributed by atoms with van der Waals surface area (Å²) in [5.41, 5.74) is 11.9. The lowest BCUT2D eigenvalue weighted by Gasteiger charge is -2.14.